The molecule has 0 unspecified atom stereocenters. The van der Waals surface area contributed by atoms with E-state index in [2.05, 4.69) is 0 Å². The second-order valence-electron chi connectivity index (χ2n) is 2.49. The number of hydrogen-bond donors (Lipinski definition) is 1. The predicted octanol–water partition coefficient (Wildman–Crippen LogP) is 1.45. The molecule has 1 N–H and O–H groups in total. The van der Waals surface area contributed by atoms with E-state index in [-0.39, 0.29) is 0 Å². The van der Waals surface area contributed by atoms with Crippen molar-refractivity contribution < 1.29 is 14.4 Å². The van der Waals surface area contributed by atoms with Gasteiger partial charge in [-0.2, -0.15) is 0 Å². The van der Waals surface area contributed by atoms with E-state index in [1.807, 2.05) is 0 Å². The van der Waals surface area contributed by atoms with Crippen LogP contribution in [0.4, 0.5) is 4.48 Å². The van der Waals surface area contributed by atoms with Gasteiger partial charge in [-0.25, -0.2) is 0 Å². The lowest BCUT2D eigenvalue weighted by atomic mass is 10.2. The predicted molar refractivity (Wildman–Crippen MR) is 39.8 cm³/mol. The molecule has 11 heavy (non-hydrogen) atoms. The maximum Gasteiger partial charge on any atom is 0.300 e. The fourth-order valence-electron chi connectivity index (χ4n) is 0.855. The number of nitrogens with zero attached hydrogens (tertiary/aromatic N) is 1. The van der Waals surface area contributed by atoms with Gasteiger partial charge in [-0.3, -0.25) is 4.79 Å². The number of piperidine rings is 1. The van der Waals surface area contributed by atoms with Gasteiger partial charge in [0.1, 0.15) is 0 Å². The maximum atomic E-state index is 12.0. The summed E-state index contributed by atoms with van der Waals surface area (Å²) in [6.07, 6.45) is 3.29. The molecule has 3 nitrogen and oxygen atoms in total. The van der Waals surface area contributed by atoms with Crippen molar-refractivity contribution in [1.29, 1.82) is 0 Å². The monoisotopic (exact) mass is 163 g/mol. The number of rotatable bonds is 0. The summed E-state index contributed by atoms with van der Waals surface area (Å²) in [4.78, 5) is 9.00. The van der Waals surface area contributed by atoms with Crippen LogP contribution in [0.25, 0.3) is 0 Å². The van der Waals surface area contributed by atoms with E-state index in [1.54, 1.807) is 0 Å². The van der Waals surface area contributed by atoms with Crippen molar-refractivity contribution in [1.82, 2.24) is 5.12 Å². The van der Waals surface area contributed by atoms with E-state index in [0.29, 0.717) is 13.1 Å². The normalized spacial score (nSPS) is 18.4. The molecule has 0 aromatic rings. The first-order valence-corrected chi connectivity index (χ1v) is 3.73. The van der Waals surface area contributed by atoms with E-state index in [9.17, 15) is 4.48 Å². The third-order valence-electron chi connectivity index (χ3n) is 1.30. The highest BCUT2D eigenvalue weighted by Crippen LogP contribution is 2.07. The number of carboxylic acids is 1. The van der Waals surface area contributed by atoms with Crippen LogP contribution in [0.15, 0.2) is 0 Å². The molecule has 0 saturated carbocycles. The summed E-state index contributed by atoms with van der Waals surface area (Å²) >= 11 is 0. The molecule has 1 aliphatic rings. The van der Waals surface area contributed by atoms with Gasteiger partial charge in [-0.05, 0) is 12.8 Å². The van der Waals surface area contributed by atoms with Gasteiger partial charge in [0, 0.05) is 20.0 Å². The van der Waals surface area contributed by atoms with Gasteiger partial charge >= 0.3 is 0 Å². The molecule has 0 amide bonds. The highest BCUT2D eigenvalue weighted by molar-refractivity contribution is 5.62. The van der Waals surface area contributed by atoms with Gasteiger partial charge in [-0.1, -0.05) is 6.42 Å². The first-order valence-electron chi connectivity index (χ1n) is 3.73. The standard InChI is InChI=1S/C5H10FN.C2H4O2/c6-7-4-2-1-3-5-7;1-2(3)4/h1-5H2;1H3,(H,3,4). The lowest BCUT2D eigenvalue weighted by molar-refractivity contribution is -0.134. The number of aliphatic carboxylic acids is 1. The van der Waals surface area contributed by atoms with Crippen molar-refractivity contribution in [3.63, 3.8) is 0 Å². The molecule has 0 radical (unpaired) electrons. The van der Waals surface area contributed by atoms with Crippen LogP contribution >= 0.6 is 0 Å². The number of halogens is 1. The first-order chi connectivity index (χ1) is 5.13. The highest BCUT2D eigenvalue weighted by Gasteiger charge is 2.06. The Bertz CT molecular complexity index is 109. The second-order valence-corrected chi connectivity index (χ2v) is 2.49. The summed E-state index contributed by atoms with van der Waals surface area (Å²) in [6, 6.07) is 0. The Morgan fingerprint density at radius 1 is 1.36 bits per heavy atom. The molecule has 0 aliphatic carbocycles. The van der Waals surface area contributed by atoms with Crippen molar-refractivity contribution in [3.8, 4) is 0 Å². The summed E-state index contributed by atoms with van der Waals surface area (Å²) in [6.45, 7) is 2.39. The van der Waals surface area contributed by atoms with Crippen LogP contribution in [0.1, 0.15) is 26.2 Å². The van der Waals surface area contributed by atoms with Gasteiger partial charge < -0.3 is 5.11 Å². The average molecular weight is 163 g/mol. The molecule has 66 valence electrons. The zero-order valence-electron chi connectivity index (χ0n) is 6.72. The first kappa shape index (κ1) is 10.4. The summed E-state index contributed by atoms with van der Waals surface area (Å²) in [5.74, 6) is -0.833. The minimum absolute atomic E-state index is 0.653. The van der Waals surface area contributed by atoms with E-state index < -0.39 is 5.97 Å². The molecular weight excluding hydrogens is 149 g/mol. The largest absolute Gasteiger partial charge is 0.481 e. The number of hydrogen-bond acceptors (Lipinski definition) is 2. The van der Waals surface area contributed by atoms with E-state index in [4.69, 9.17) is 9.90 Å². The van der Waals surface area contributed by atoms with E-state index in [0.717, 1.165) is 24.9 Å². The zero-order chi connectivity index (χ0) is 8.69. The lowest BCUT2D eigenvalue weighted by Crippen LogP contribution is -2.20. The quantitative estimate of drug-likeness (QED) is 0.549. The minimum atomic E-state index is -0.833. The van der Waals surface area contributed by atoms with Gasteiger partial charge in [0.15, 0.2) is 0 Å². The van der Waals surface area contributed by atoms with Crippen LogP contribution in [-0.2, 0) is 4.79 Å². The van der Waals surface area contributed by atoms with E-state index in [1.165, 1.54) is 6.42 Å². The molecule has 4 heteroatoms. The summed E-state index contributed by atoms with van der Waals surface area (Å²) < 4.78 is 12.0. The molecule has 1 heterocycles. The van der Waals surface area contributed by atoms with Crippen LogP contribution < -0.4 is 0 Å². The summed E-state index contributed by atoms with van der Waals surface area (Å²) in [7, 11) is 0. The Morgan fingerprint density at radius 3 is 1.91 bits per heavy atom. The maximum absolute atomic E-state index is 12.0. The van der Waals surface area contributed by atoms with Gasteiger partial charge in [0.05, 0.1) is 0 Å². The molecule has 0 spiro atoms. The molecule has 0 bridgehead atoms. The molecule has 0 aromatic heterocycles. The van der Waals surface area contributed by atoms with Crippen LogP contribution in [0.2, 0.25) is 0 Å². The number of carboxylic acid groups (broad SMARTS) is 1. The van der Waals surface area contributed by atoms with Gasteiger partial charge in [0.25, 0.3) is 5.97 Å². The molecule has 1 fully saturated rings. The third kappa shape index (κ3) is 9.36. The molecular formula is C7H14FNO2. The highest BCUT2D eigenvalue weighted by atomic mass is 19.2. The minimum Gasteiger partial charge on any atom is -0.481 e. The zero-order valence-corrected chi connectivity index (χ0v) is 6.72. The fourth-order valence-corrected chi connectivity index (χ4v) is 0.855. The Hall–Kier alpha value is -0.640. The van der Waals surface area contributed by atoms with Crippen molar-refractivity contribution in [2.24, 2.45) is 0 Å². The van der Waals surface area contributed by atoms with Crippen LogP contribution in [0.3, 0.4) is 0 Å². The smallest absolute Gasteiger partial charge is 0.300 e. The van der Waals surface area contributed by atoms with Crippen molar-refractivity contribution in [2.75, 3.05) is 13.1 Å². The van der Waals surface area contributed by atoms with Gasteiger partial charge in [0.2, 0.25) is 0 Å². The topological polar surface area (TPSA) is 40.5 Å². The fraction of sp³-hybridized carbons (Fsp3) is 0.857. The van der Waals surface area contributed by atoms with Crippen LogP contribution in [-0.4, -0.2) is 29.3 Å². The second kappa shape index (κ2) is 6.09. The average Bonchev–Trinajstić information content (AvgIpc) is 1.87. The molecule has 0 aromatic carbocycles. The van der Waals surface area contributed by atoms with Crippen molar-refractivity contribution in [3.05, 3.63) is 0 Å². The molecule has 1 saturated heterocycles. The number of carbonyl (C=O) groups is 1. The SMILES string of the molecule is CC(=O)O.FN1CCCCC1. The third-order valence-corrected chi connectivity index (χ3v) is 1.30. The van der Waals surface area contributed by atoms with E-state index >= 15 is 0 Å². The summed E-state index contributed by atoms with van der Waals surface area (Å²) in [5, 5.41) is 8.31. The molecule has 1 aliphatic heterocycles. The van der Waals surface area contributed by atoms with Crippen molar-refractivity contribution >= 4 is 5.97 Å². The lowest BCUT2D eigenvalue weighted by Gasteiger charge is -2.15. The molecule has 0 atom stereocenters. The summed E-state index contributed by atoms with van der Waals surface area (Å²) in [5.41, 5.74) is 0. The Labute approximate surface area is 65.7 Å². The Morgan fingerprint density at radius 2 is 1.73 bits per heavy atom. The molecule has 1 rings (SSSR count). The van der Waals surface area contributed by atoms with Crippen LogP contribution in [0, 0.1) is 0 Å². The van der Waals surface area contributed by atoms with Crippen molar-refractivity contribution in [2.45, 2.75) is 26.2 Å². The van der Waals surface area contributed by atoms with Gasteiger partial charge in [-0.15, -0.1) is 9.60 Å². The Balaban J connectivity index is 0.000000218. The Kier molecular flexibility index (Phi) is 5.74. The van der Waals surface area contributed by atoms with Crippen LogP contribution in [0.5, 0.6) is 0 Å².